The van der Waals surface area contributed by atoms with Gasteiger partial charge in [-0.2, -0.15) is 0 Å². The zero-order valence-corrected chi connectivity index (χ0v) is 9.96. The molecular weight excluding hydrogens is 194 g/mol. The lowest BCUT2D eigenvalue weighted by Gasteiger charge is -2.30. The highest BCUT2D eigenvalue weighted by atomic mass is 16.4. The van der Waals surface area contributed by atoms with Gasteiger partial charge in [-0.05, 0) is 19.3 Å². The van der Waals surface area contributed by atoms with E-state index >= 15 is 0 Å². The molecule has 4 heteroatoms. The molecule has 0 fully saturated rings. The van der Waals surface area contributed by atoms with Gasteiger partial charge in [0.05, 0.1) is 0 Å². The Morgan fingerprint density at radius 3 is 2.27 bits per heavy atom. The van der Waals surface area contributed by atoms with Crippen LogP contribution in [0.4, 0.5) is 0 Å². The van der Waals surface area contributed by atoms with Crippen molar-refractivity contribution in [3.63, 3.8) is 0 Å². The second-order valence-electron chi connectivity index (χ2n) is 4.31. The molecule has 0 aromatic rings. The summed E-state index contributed by atoms with van der Waals surface area (Å²) in [4.78, 5) is 22.5. The first-order chi connectivity index (χ1) is 6.84. The minimum atomic E-state index is -1.16. The number of nitrogens with one attached hydrogen (secondary N) is 1. The minimum Gasteiger partial charge on any atom is -0.480 e. The van der Waals surface area contributed by atoms with E-state index < -0.39 is 11.5 Å². The predicted octanol–water partition coefficient (Wildman–Crippen LogP) is 1.79. The molecule has 2 N–H and O–H groups in total. The molecule has 0 heterocycles. The normalized spacial score (nSPS) is 14.7. The zero-order chi connectivity index (χ0) is 12.1. The van der Waals surface area contributed by atoms with Crippen molar-refractivity contribution in [1.82, 2.24) is 5.32 Å². The Morgan fingerprint density at radius 2 is 1.93 bits per heavy atom. The Labute approximate surface area is 91.1 Å². The van der Waals surface area contributed by atoms with Gasteiger partial charge in [0.2, 0.25) is 5.91 Å². The molecule has 1 atom stereocenters. The molecule has 0 aliphatic heterocycles. The van der Waals surface area contributed by atoms with Crippen LogP contribution in [0.1, 0.15) is 47.0 Å². The van der Waals surface area contributed by atoms with Crippen molar-refractivity contribution in [2.24, 2.45) is 5.92 Å². The Morgan fingerprint density at radius 1 is 1.40 bits per heavy atom. The summed E-state index contributed by atoms with van der Waals surface area (Å²) in [7, 11) is 0. The van der Waals surface area contributed by atoms with Crippen LogP contribution in [0, 0.1) is 5.92 Å². The third kappa shape index (κ3) is 3.90. The van der Waals surface area contributed by atoms with Gasteiger partial charge in [-0.15, -0.1) is 0 Å². The maximum atomic E-state index is 11.5. The molecular formula is C11H21NO3. The highest BCUT2D eigenvalue weighted by Crippen LogP contribution is 2.17. The van der Waals surface area contributed by atoms with E-state index in [1.165, 1.54) is 0 Å². The van der Waals surface area contributed by atoms with Crippen molar-refractivity contribution in [3.05, 3.63) is 0 Å². The highest BCUT2D eigenvalue weighted by molar-refractivity contribution is 5.86. The number of carbonyl (C=O) groups excluding carboxylic acids is 1. The minimum absolute atomic E-state index is 0.138. The molecule has 0 spiro atoms. The van der Waals surface area contributed by atoms with Crippen LogP contribution in [0.5, 0.6) is 0 Å². The Kier molecular flexibility index (Phi) is 5.33. The number of carboxylic acids is 1. The first-order valence-electron chi connectivity index (χ1n) is 5.39. The van der Waals surface area contributed by atoms with E-state index in [9.17, 15) is 9.59 Å². The largest absolute Gasteiger partial charge is 0.480 e. The van der Waals surface area contributed by atoms with Crippen LogP contribution in [0.3, 0.4) is 0 Å². The van der Waals surface area contributed by atoms with Crippen LogP contribution in [0.15, 0.2) is 0 Å². The summed E-state index contributed by atoms with van der Waals surface area (Å²) in [5, 5.41) is 11.7. The molecule has 4 nitrogen and oxygen atoms in total. The lowest BCUT2D eigenvalue weighted by molar-refractivity contribution is -0.149. The number of aliphatic carboxylic acids is 1. The Bertz CT molecular complexity index is 238. The van der Waals surface area contributed by atoms with Crippen LogP contribution in [-0.2, 0) is 9.59 Å². The summed E-state index contributed by atoms with van der Waals surface area (Å²) >= 11 is 0. The fourth-order valence-electron chi connectivity index (χ4n) is 1.13. The molecule has 1 unspecified atom stereocenters. The van der Waals surface area contributed by atoms with E-state index in [0.717, 1.165) is 12.8 Å². The van der Waals surface area contributed by atoms with Crippen molar-refractivity contribution in [3.8, 4) is 0 Å². The standard InChI is InChI=1S/C11H21NO3/c1-5-6-7-9(13)12-11(4,8(2)3)10(14)15/h8H,5-7H2,1-4H3,(H,12,13)(H,14,15). The van der Waals surface area contributed by atoms with Gasteiger partial charge in [-0.1, -0.05) is 27.2 Å². The monoisotopic (exact) mass is 215 g/mol. The highest BCUT2D eigenvalue weighted by Gasteiger charge is 2.37. The van der Waals surface area contributed by atoms with E-state index in [1.54, 1.807) is 20.8 Å². The van der Waals surface area contributed by atoms with Gasteiger partial charge in [0.1, 0.15) is 5.54 Å². The number of hydrogen-bond donors (Lipinski definition) is 2. The molecule has 0 aromatic heterocycles. The first-order valence-corrected chi connectivity index (χ1v) is 5.39. The summed E-state index contributed by atoms with van der Waals surface area (Å²) in [6.07, 6.45) is 2.12. The van der Waals surface area contributed by atoms with Gasteiger partial charge < -0.3 is 10.4 Å². The number of amides is 1. The molecule has 0 aromatic carbocycles. The van der Waals surface area contributed by atoms with Crippen molar-refractivity contribution in [2.75, 3.05) is 0 Å². The van der Waals surface area contributed by atoms with Crippen molar-refractivity contribution < 1.29 is 14.7 Å². The number of hydrogen-bond acceptors (Lipinski definition) is 2. The number of carboxylic acid groups (broad SMARTS) is 1. The molecule has 88 valence electrons. The van der Waals surface area contributed by atoms with E-state index in [-0.39, 0.29) is 11.8 Å². The fraction of sp³-hybridized carbons (Fsp3) is 0.818. The molecule has 0 saturated carbocycles. The Balaban J connectivity index is 4.43. The van der Waals surface area contributed by atoms with Crippen LogP contribution >= 0.6 is 0 Å². The second kappa shape index (κ2) is 5.73. The molecule has 1 amide bonds. The van der Waals surface area contributed by atoms with Gasteiger partial charge in [0, 0.05) is 6.42 Å². The third-order valence-corrected chi connectivity index (χ3v) is 2.76. The number of rotatable bonds is 6. The van der Waals surface area contributed by atoms with E-state index in [4.69, 9.17) is 5.11 Å². The first kappa shape index (κ1) is 13.9. The second-order valence-corrected chi connectivity index (χ2v) is 4.31. The quantitative estimate of drug-likeness (QED) is 0.710. The SMILES string of the molecule is CCCCC(=O)NC(C)(C(=O)O)C(C)C. The van der Waals surface area contributed by atoms with Gasteiger partial charge in [-0.25, -0.2) is 4.79 Å². The summed E-state index contributed by atoms with van der Waals surface area (Å²) in [5.74, 6) is -1.31. The summed E-state index contributed by atoms with van der Waals surface area (Å²) < 4.78 is 0. The van der Waals surface area contributed by atoms with Gasteiger partial charge in [0.25, 0.3) is 0 Å². The van der Waals surface area contributed by atoms with Crippen LogP contribution in [0.2, 0.25) is 0 Å². The molecule has 0 radical (unpaired) electrons. The Hall–Kier alpha value is -1.06. The molecule has 0 aliphatic carbocycles. The topological polar surface area (TPSA) is 66.4 Å². The molecule has 0 saturated heterocycles. The van der Waals surface area contributed by atoms with E-state index in [0.29, 0.717) is 6.42 Å². The average molecular weight is 215 g/mol. The lowest BCUT2D eigenvalue weighted by Crippen LogP contribution is -2.55. The van der Waals surface area contributed by atoms with Gasteiger partial charge >= 0.3 is 5.97 Å². The molecule has 15 heavy (non-hydrogen) atoms. The van der Waals surface area contributed by atoms with Crippen molar-refractivity contribution in [2.45, 2.75) is 52.5 Å². The number of carbonyl (C=O) groups is 2. The molecule has 0 rings (SSSR count). The lowest BCUT2D eigenvalue weighted by atomic mass is 9.88. The van der Waals surface area contributed by atoms with Crippen LogP contribution in [-0.4, -0.2) is 22.5 Å². The summed E-state index contributed by atoms with van der Waals surface area (Å²) in [6.45, 7) is 7.11. The van der Waals surface area contributed by atoms with Gasteiger partial charge in [-0.3, -0.25) is 4.79 Å². The fourth-order valence-corrected chi connectivity index (χ4v) is 1.13. The third-order valence-electron chi connectivity index (χ3n) is 2.76. The van der Waals surface area contributed by atoms with Crippen molar-refractivity contribution in [1.29, 1.82) is 0 Å². The van der Waals surface area contributed by atoms with Gasteiger partial charge in [0.15, 0.2) is 0 Å². The number of unbranched alkanes of at least 4 members (excludes halogenated alkanes) is 1. The molecule has 0 aliphatic rings. The molecule has 0 bridgehead atoms. The maximum Gasteiger partial charge on any atom is 0.329 e. The predicted molar refractivity (Wildman–Crippen MR) is 58.5 cm³/mol. The van der Waals surface area contributed by atoms with E-state index in [2.05, 4.69) is 5.32 Å². The maximum absolute atomic E-state index is 11.5. The smallest absolute Gasteiger partial charge is 0.329 e. The van der Waals surface area contributed by atoms with Crippen LogP contribution < -0.4 is 5.32 Å². The van der Waals surface area contributed by atoms with Crippen LogP contribution in [0.25, 0.3) is 0 Å². The van der Waals surface area contributed by atoms with E-state index in [1.807, 2.05) is 6.92 Å². The summed E-state index contributed by atoms with van der Waals surface area (Å²) in [5.41, 5.74) is -1.16. The zero-order valence-electron chi connectivity index (χ0n) is 9.96. The average Bonchev–Trinajstić information content (AvgIpc) is 2.13. The van der Waals surface area contributed by atoms with Crippen molar-refractivity contribution >= 4 is 11.9 Å². The summed E-state index contributed by atoms with van der Waals surface area (Å²) in [6, 6.07) is 0.